The fourth-order valence-corrected chi connectivity index (χ4v) is 5.87. The normalized spacial score (nSPS) is 11.7. The first-order chi connectivity index (χ1) is 21.5. The van der Waals surface area contributed by atoms with Gasteiger partial charge < -0.3 is 20.7 Å². The number of carbonyl (C=O) groups excluding carboxylic acids is 3. The van der Waals surface area contributed by atoms with E-state index in [4.69, 9.17) is 4.74 Å². The summed E-state index contributed by atoms with van der Waals surface area (Å²) in [5.74, 6) is -0.294. The summed E-state index contributed by atoms with van der Waals surface area (Å²) in [6, 6.07) is 36.4. The van der Waals surface area contributed by atoms with Gasteiger partial charge in [-0.15, -0.1) is 23.1 Å². The fourth-order valence-electron chi connectivity index (χ4n) is 4.19. The lowest BCUT2D eigenvalue weighted by Crippen LogP contribution is -2.30. The van der Waals surface area contributed by atoms with Gasteiger partial charge in [-0.3, -0.25) is 14.4 Å². The van der Waals surface area contributed by atoms with Gasteiger partial charge in [0.2, 0.25) is 5.91 Å². The minimum absolute atomic E-state index is 0.124. The third-order valence-electron chi connectivity index (χ3n) is 6.42. The summed E-state index contributed by atoms with van der Waals surface area (Å²) in [6.45, 7) is 0. The lowest BCUT2D eigenvalue weighted by atomic mass is 10.1. The Kier molecular flexibility index (Phi) is 10.2. The van der Waals surface area contributed by atoms with Crippen LogP contribution in [-0.2, 0) is 9.59 Å². The number of thioether (sulfide) groups is 1. The van der Waals surface area contributed by atoms with Crippen molar-refractivity contribution in [2.75, 3.05) is 17.7 Å². The molecule has 9 heteroatoms. The Labute approximate surface area is 264 Å². The van der Waals surface area contributed by atoms with Crippen LogP contribution >= 0.6 is 23.1 Å². The highest BCUT2D eigenvalue weighted by atomic mass is 32.2. The molecule has 7 nitrogen and oxygen atoms in total. The molecule has 0 saturated carbocycles. The summed E-state index contributed by atoms with van der Waals surface area (Å²) in [4.78, 5) is 41.2. The molecule has 3 amide bonds. The number of thiophene rings is 1. The molecule has 0 fully saturated rings. The molecule has 220 valence electrons. The predicted octanol–water partition coefficient (Wildman–Crippen LogP) is 7.64. The predicted molar refractivity (Wildman–Crippen MR) is 178 cm³/mol. The van der Waals surface area contributed by atoms with Crippen LogP contribution in [0, 0.1) is 0 Å². The summed E-state index contributed by atoms with van der Waals surface area (Å²) in [5, 5.41) is 9.99. The van der Waals surface area contributed by atoms with Crippen molar-refractivity contribution in [1.82, 2.24) is 5.32 Å². The summed E-state index contributed by atoms with van der Waals surface area (Å²) >= 11 is 2.86. The van der Waals surface area contributed by atoms with Gasteiger partial charge in [-0.2, -0.15) is 0 Å². The van der Waals surface area contributed by atoms with E-state index in [2.05, 4.69) is 16.0 Å². The topological polar surface area (TPSA) is 96.5 Å². The number of amides is 3. The molecule has 0 aliphatic heterocycles. The quantitative estimate of drug-likeness (QED) is 0.104. The number of methoxy groups -OCH3 is 1. The zero-order chi connectivity index (χ0) is 30.7. The summed E-state index contributed by atoms with van der Waals surface area (Å²) < 4.78 is 5.21. The Morgan fingerprint density at radius 3 is 2.02 bits per heavy atom. The van der Waals surface area contributed by atoms with Gasteiger partial charge in [0, 0.05) is 26.7 Å². The molecule has 0 radical (unpaired) electrons. The molecule has 0 saturated heterocycles. The van der Waals surface area contributed by atoms with E-state index in [9.17, 15) is 14.4 Å². The van der Waals surface area contributed by atoms with Gasteiger partial charge in [-0.05, 0) is 83.7 Å². The van der Waals surface area contributed by atoms with E-state index in [1.165, 1.54) is 23.1 Å². The Bertz CT molecular complexity index is 1720. The largest absolute Gasteiger partial charge is 0.497 e. The van der Waals surface area contributed by atoms with E-state index in [0.717, 1.165) is 15.3 Å². The van der Waals surface area contributed by atoms with Crippen LogP contribution in [0.25, 0.3) is 6.08 Å². The Morgan fingerprint density at radius 1 is 0.750 bits per heavy atom. The van der Waals surface area contributed by atoms with E-state index in [1.54, 1.807) is 73.8 Å². The molecular weight excluding hydrogens is 591 g/mol. The highest BCUT2D eigenvalue weighted by Crippen LogP contribution is 2.37. The number of nitrogens with one attached hydrogen (secondary N) is 3. The molecule has 1 atom stereocenters. The second-order valence-electron chi connectivity index (χ2n) is 9.50. The minimum atomic E-state index is -0.521. The third-order valence-corrected chi connectivity index (χ3v) is 8.51. The van der Waals surface area contributed by atoms with Crippen molar-refractivity contribution in [3.8, 4) is 5.75 Å². The molecule has 0 aliphatic rings. The lowest BCUT2D eigenvalue weighted by Gasteiger charge is -2.18. The van der Waals surface area contributed by atoms with Crippen LogP contribution in [0.2, 0.25) is 0 Å². The van der Waals surface area contributed by atoms with Gasteiger partial charge in [-0.1, -0.05) is 54.6 Å². The first-order valence-electron chi connectivity index (χ1n) is 13.7. The standard InChI is InChI=1S/C35H29N3O4S2/c1-42-28-18-14-26(15-19-28)37-35(41)32(24-9-4-2-5-10-24)44-29-20-16-27(17-21-29)36-34(40)31(23-30-13-8-22-43-30)38-33(39)25-11-6-3-7-12-25/h2-23,32H,1H3,(H,36,40)(H,37,41)(H,38,39)/b31-23-. The van der Waals surface area contributed by atoms with Crippen molar-refractivity contribution >= 4 is 58.3 Å². The van der Waals surface area contributed by atoms with Crippen molar-refractivity contribution < 1.29 is 19.1 Å². The van der Waals surface area contributed by atoms with Gasteiger partial charge >= 0.3 is 0 Å². The highest BCUT2D eigenvalue weighted by Gasteiger charge is 2.22. The number of hydrogen-bond donors (Lipinski definition) is 3. The summed E-state index contributed by atoms with van der Waals surface area (Å²) in [7, 11) is 1.59. The van der Waals surface area contributed by atoms with Gasteiger partial charge in [0.15, 0.2) is 0 Å². The maximum absolute atomic E-state index is 13.4. The fraction of sp³-hybridized carbons (Fsp3) is 0.0571. The average molecular weight is 620 g/mol. The van der Waals surface area contributed by atoms with Gasteiger partial charge in [0.1, 0.15) is 16.7 Å². The molecule has 5 aromatic rings. The zero-order valence-corrected chi connectivity index (χ0v) is 25.4. The van der Waals surface area contributed by atoms with Crippen molar-refractivity contribution in [3.63, 3.8) is 0 Å². The number of carbonyl (C=O) groups is 3. The van der Waals surface area contributed by atoms with Crippen molar-refractivity contribution in [1.29, 1.82) is 0 Å². The Balaban J connectivity index is 1.29. The van der Waals surface area contributed by atoms with Crippen LogP contribution in [0.15, 0.2) is 137 Å². The number of ether oxygens (including phenoxy) is 1. The maximum Gasteiger partial charge on any atom is 0.272 e. The maximum atomic E-state index is 13.4. The van der Waals surface area contributed by atoms with Crippen LogP contribution in [0.4, 0.5) is 11.4 Å². The highest BCUT2D eigenvalue weighted by molar-refractivity contribution is 8.00. The number of hydrogen-bond acceptors (Lipinski definition) is 6. The molecular formula is C35H29N3O4S2. The smallest absolute Gasteiger partial charge is 0.272 e. The van der Waals surface area contributed by atoms with Crippen molar-refractivity contribution in [3.05, 3.63) is 148 Å². The molecule has 1 heterocycles. The average Bonchev–Trinajstić information content (AvgIpc) is 3.58. The second kappa shape index (κ2) is 14.9. The van der Waals surface area contributed by atoms with E-state index in [0.29, 0.717) is 22.7 Å². The molecule has 3 N–H and O–H groups in total. The van der Waals surface area contributed by atoms with Gasteiger partial charge in [0.05, 0.1) is 7.11 Å². The second-order valence-corrected chi connectivity index (χ2v) is 11.7. The van der Waals surface area contributed by atoms with E-state index < -0.39 is 11.2 Å². The summed E-state index contributed by atoms with van der Waals surface area (Å²) in [6.07, 6.45) is 1.65. The third kappa shape index (κ3) is 8.25. The van der Waals surface area contributed by atoms with Crippen molar-refractivity contribution in [2.24, 2.45) is 0 Å². The van der Waals surface area contributed by atoms with E-state index in [1.807, 2.05) is 66.0 Å². The molecule has 44 heavy (non-hydrogen) atoms. The lowest BCUT2D eigenvalue weighted by molar-refractivity contribution is -0.116. The molecule has 4 aromatic carbocycles. The Hall–Kier alpha value is -5.12. The number of benzene rings is 4. The molecule has 1 unspecified atom stereocenters. The number of anilines is 2. The number of rotatable bonds is 11. The summed E-state index contributed by atoms with van der Waals surface area (Å²) in [5.41, 5.74) is 2.64. The SMILES string of the molecule is COc1ccc(NC(=O)C(Sc2ccc(NC(=O)/C(=C/c3cccs3)NC(=O)c3ccccc3)cc2)c2ccccc2)cc1. The van der Waals surface area contributed by atoms with E-state index in [-0.39, 0.29) is 17.5 Å². The first-order valence-corrected chi connectivity index (χ1v) is 15.4. The first kappa shape index (κ1) is 30.3. The molecule has 0 bridgehead atoms. The van der Waals surface area contributed by atoms with Crippen LogP contribution in [0.1, 0.15) is 26.0 Å². The monoisotopic (exact) mass is 619 g/mol. The minimum Gasteiger partial charge on any atom is -0.497 e. The van der Waals surface area contributed by atoms with Gasteiger partial charge in [0.25, 0.3) is 11.8 Å². The van der Waals surface area contributed by atoms with Crippen molar-refractivity contribution in [2.45, 2.75) is 10.1 Å². The molecule has 0 aliphatic carbocycles. The van der Waals surface area contributed by atoms with E-state index >= 15 is 0 Å². The van der Waals surface area contributed by atoms with Crippen LogP contribution in [0.5, 0.6) is 5.75 Å². The molecule has 0 spiro atoms. The molecule has 5 rings (SSSR count). The van der Waals surface area contributed by atoms with Crippen LogP contribution in [-0.4, -0.2) is 24.8 Å². The molecule has 1 aromatic heterocycles. The zero-order valence-electron chi connectivity index (χ0n) is 23.7. The van der Waals surface area contributed by atoms with Crippen LogP contribution in [0.3, 0.4) is 0 Å². The van der Waals surface area contributed by atoms with Gasteiger partial charge in [-0.25, -0.2) is 0 Å². The Morgan fingerprint density at radius 2 is 1.39 bits per heavy atom. The van der Waals surface area contributed by atoms with Crippen LogP contribution < -0.4 is 20.7 Å².